The molecule has 7 nitrogen and oxygen atoms in total. The number of methoxy groups -OCH3 is 1. The van der Waals surface area contributed by atoms with Gasteiger partial charge < -0.3 is 14.4 Å². The summed E-state index contributed by atoms with van der Waals surface area (Å²) in [7, 11) is 3.59. The smallest absolute Gasteiger partial charge is 0.253 e. The van der Waals surface area contributed by atoms with Crippen LogP contribution in [0.3, 0.4) is 0 Å². The number of hydrogen-bond donors (Lipinski definition) is 0. The van der Waals surface area contributed by atoms with Gasteiger partial charge in [-0.2, -0.15) is 5.10 Å². The summed E-state index contributed by atoms with van der Waals surface area (Å²) in [5, 5.41) is 4.43. The van der Waals surface area contributed by atoms with Crippen molar-refractivity contribution in [2.24, 2.45) is 7.05 Å². The van der Waals surface area contributed by atoms with Gasteiger partial charge in [0, 0.05) is 62.7 Å². The maximum atomic E-state index is 13.3. The standard InChI is InChI=1S/C27H34N4O3/c1-19-6-7-20(2)26(14-19)34-18-23-15-22(8-9-25(23)33-5)27(32)31-12-10-30(11-13-31)17-24-16-29(4)28-21(24)3/h6-9,14-16H,10-13,17-18H2,1-5H3. The van der Waals surface area contributed by atoms with Crippen molar-refractivity contribution in [1.82, 2.24) is 19.6 Å². The molecule has 0 N–H and O–H groups in total. The molecule has 1 aliphatic heterocycles. The first-order chi connectivity index (χ1) is 16.3. The molecule has 1 fully saturated rings. The van der Waals surface area contributed by atoms with Gasteiger partial charge in [-0.25, -0.2) is 0 Å². The number of rotatable bonds is 7. The van der Waals surface area contributed by atoms with E-state index in [1.165, 1.54) is 5.56 Å². The van der Waals surface area contributed by atoms with E-state index in [1.807, 2.05) is 61.7 Å². The minimum Gasteiger partial charge on any atom is -0.496 e. The van der Waals surface area contributed by atoms with Crippen LogP contribution in [-0.4, -0.2) is 58.8 Å². The normalized spacial score (nSPS) is 14.3. The van der Waals surface area contributed by atoms with Gasteiger partial charge in [0.2, 0.25) is 0 Å². The lowest BCUT2D eigenvalue weighted by atomic mass is 10.1. The molecular formula is C27H34N4O3. The van der Waals surface area contributed by atoms with Crippen LogP contribution in [0, 0.1) is 20.8 Å². The van der Waals surface area contributed by atoms with Gasteiger partial charge in [-0.3, -0.25) is 14.4 Å². The van der Waals surface area contributed by atoms with Crippen LogP contribution in [0.4, 0.5) is 0 Å². The van der Waals surface area contributed by atoms with Crippen LogP contribution in [0.25, 0.3) is 0 Å². The fourth-order valence-electron chi connectivity index (χ4n) is 4.38. The third-order valence-corrected chi connectivity index (χ3v) is 6.42. The highest BCUT2D eigenvalue weighted by Crippen LogP contribution is 2.25. The van der Waals surface area contributed by atoms with E-state index in [0.717, 1.165) is 53.5 Å². The molecule has 1 saturated heterocycles. The fourth-order valence-corrected chi connectivity index (χ4v) is 4.38. The number of amides is 1. The van der Waals surface area contributed by atoms with Gasteiger partial charge in [-0.05, 0) is 56.2 Å². The zero-order valence-corrected chi connectivity index (χ0v) is 20.8. The first kappa shape index (κ1) is 23.8. The molecule has 4 rings (SSSR count). The second-order valence-corrected chi connectivity index (χ2v) is 9.07. The Morgan fingerprint density at radius 3 is 2.41 bits per heavy atom. The Balaban J connectivity index is 1.40. The van der Waals surface area contributed by atoms with Crippen LogP contribution in [0.15, 0.2) is 42.6 Å². The van der Waals surface area contributed by atoms with Crippen molar-refractivity contribution >= 4 is 5.91 Å². The zero-order chi connectivity index (χ0) is 24.2. The Kier molecular flexibility index (Phi) is 7.22. The molecule has 0 bridgehead atoms. The number of ether oxygens (including phenoxy) is 2. The lowest BCUT2D eigenvalue weighted by Crippen LogP contribution is -2.48. The molecule has 7 heteroatoms. The van der Waals surface area contributed by atoms with E-state index in [1.54, 1.807) is 7.11 Å². The van der Waals surface area contributed by atoms with Crippen molar-refractivity contribution in [2.45, 2.75) is 33.9 Å². The summed E-state index contributed by atoms with van der Waals surface area (Å²) >= 11 is 0. The number of nitrogens with zero attached hydrogens (tertiary/aromatic N) is 4. The van der Waals surface area contributed by atoms with Gasteiger partial charge in [-0.1, -0.05) is 12.1 Å². The molecule has 0 aliphatic carbocycles. The Morgan fingerprint density at radius 1 is 0.971 bits per heavy atom. The Bertz CT molecular complexity index is 1160. The van der Waals surface area contributed by atoms with Crippen molar-refractivity contribution < 1.29 is 14.3 Å². The van der Waals surface area contributed by atoms with Crippen LogP contribution in [0.2, 0.25) is 0 Å². The molecule has 1 aliphatic rings. The molecule has 0 spiro atoms. The molecule has 2 aromatic carbocycles. The molecule has 1 aromatic heterocycles. The van der Waals surface area contributed by atoms with Crippen molar-refractivity contribution in [2.75, 3.05) is 33.3 Å². The lowest BCUT2D eigenvalue weighted by molar-refractivity contribution is 0.0628. The second kappa shape index (κ2) is 10.3. The highest BCUT2D eigenvalue weighted by molar-refractivity contribution is 5.94. The van der Waals surface area contributed by atoms with E-state index in [-0.39, 0.29) is 5.91 Å². The van der Waals surface area contributed by atoms with Gasteiger partial charge in [0.25, 0.3) is 5.91 Å². The van der Waals surface area contributed by atoms with Crippen molar-refractivity contribution in [3.05, 3.63) is 76.1 Å². The number of benzene rings is 2. The molecule has 0 radical (unpaired) electrons. The Hall–Kier alpha value is -3.32. The summed E-state index contributed by atoms with van der Waals surface area (Å²) in [6.07, 6.45) is 2.08. The molecule has 3 aromatic rings. The third kappa shape index (κ3) is 5.42. The third-order valence-electron chi connectivity index (χ3n) is 6.42. The van der Waals surface area contributed by atoms with E-state index >= 15 is 0 Å². The molecule has 34 heavy (non-hydrogen) atoms. The number of hydrogen-bond acceptors (Lipinski definition) is 5. The SMILES string of the molecule is COc1ccc(C(=O)N2CCN(Cc3cn(C)nc3C)CC2)cc1COc1cc(C)ccc1C. The highest BCUT2D eigenvalue weighted by atomic mass is 16.5. The average Bonchev–Trinajstić information content (AvgIpc) is 3.15. The maximum absolute atomic E-state index is 13.3. The van der Waals surface area contributed by atoms with E-state index in [4.69, 9.17) is 9.47 Å². The monoisotopic (exact) mass is 462 g/mol. The van der Waals surface area contributed by atoms with Gasteiger partial charge in [0.15, 0.2) is 0 Å². The first-order valence-corrected chi connectivity index (χ1v) is 11.7. The second-order valence-electron chi connectivity index (χ2n) is 9.07. The maximum Gasteiger partial charge on any atom is 0.253 e. The molecule has 0 atom stereocenters. The summed E-state index contributed by atoms with van der Waals surface area (Å²) in [4.78, 5) is 17.6. The minimum atomic E-state index is 0.0489. The van der Waals surface area contributed by atoms with Crippen molar-refractivity contribution in [3.63, 3.8) is 0 Å². The van der Waals surface area contributed by atoms with E-state index in [0.29, 0.717) is 25.3 Å². The van der Waals surface area contributed by atoms with Crippen LogP contribution >= 0.6 is 0 Å². The Labute approximate surface area is 201 Å². The number of carbonyl (C=O) groups is 1. The first-order valence-electron chi connectivity index (χ1n) is 11.7. The number of carbonyl (C=O) groups excluding carboxylic acids is 1. The molecule has 1 amide bonds. The molecule has 2 heterocycles. The average molecular weight is 463 g/mol. The predicted octanol–water partition coefficient (Wildman–Crippen LogP) is 3.89. The van der Waals surface area contributed by atoms with Crippen LogP contribution in [0.1, 0.15) is 38.3 Å². The topological polar surface area (TPSA) is 59.8 Å². The lowest BCUT2D eigenvalue weighted by Gasteiger charge is -2.34. The number of piperazine rings is 1. The predicted molar refractivity (Wildman–Crippen MR) is 132 cm³/mol. The van der Waals surface area contributed by atoms with E-state index in [9.17, 15) is 4.79 Å². The Morgan fingerprint density at radius 2 is 1.74 bits per heavy atom. The molecule has 180 valence electrons. The van der Waals surface area contributed by atoms with Crippen molar-refractivity contribution in [1.29, 1.82) is 0 Å². The molecule has 0 saturated carbocycles. The molecular weight excluding hydrogens is 428 g/mol. The summed E-state index contributed by atoms with van der Waals surface area (Å²) in [6, 6.07) is 11.8. The summed E-state index contributed by atoms with van der Waals surface area (Å²) in [5.74, 6) is 1.62. The quantitative estimate of drug-likeness (QED) is 0.533. The minimum absolute atomic E-state index is 0.0489. The summed E-state index contributed by atoms with van der Waals surface area (Å²) in [6.45, 7) is 10.4. The number of aromatic nitrogens is 2. The fraction of sp³-hybridized carbons (Fsp3) is 0.407. The summed E-state index contributed by atoms with van der Waals surface area (Å²) < 4.78 is 13.5. The van der Waals surface area contributed by atoms with Crippen molar-refractivity contribution in [3.8, 4) is 11.5 Å². The number of aryl methyl sites for hydroxylation is 4. The van der Waals surface area contributed by atoms with Gasteiger partial charge >= 0.3 is 0 Å². The van der Waals surface area contributed by atoms with Crippen LogP contribution in [0.5, 0.6) is 11.5 Å². The van der Waals surface area contributed by atoms with E-state index in [2.05, 4.69) is 28.3 Å². The van der Waals surface area contributed by atoms with Crippen LogP contribution in [-0.2, 0) is 20.2 Å². The summed E-state index contributed by atoms with van der Waals surface area (Å²) in [5.41, 5.74) is 6.06. The van der Waals surface area contributed by atoms with E-state index < -0.39 is 0 Å². The highest BCUT2D eigenvalue weighted by Gasteiger charge is 2.23. The zero-order valence-electron chi connectivity index (χ0n) is 20.8. The van der Waals surface area contributed by atoms with Crippen LogP contribution < -0.4 is 9.47 Å². The van der Waals surface area contributed by atoms with Gasteiger partial charge in [-0.15, -0.1) is 0 Å². The molecule has 0 unspecified atom stereocenters. The largest absolute Gasteiger partial charge is 0.496 e. The van der Waals surface area contributed by atoms with Gasteiger partial charge in [0.1, 0.15) is 18.1 Å². The van der Waals surface area contributed by atoms with Gasteiger partial charge in [0.05, 0.1) is 12.8 Å².